The summed E-state index contributed by atoms with van der Waals surface area (Å²) in [5.41, 5.74) is 3.87. The van der Waals surface area contributed by atoms with Crippen LogP contribution in [0.15, 0.2) is 48.5 Å². The maximum atomic E-state index is 14.3. The molecule has 3 atom stereocenters. The Morgan fingerprint density at radius 3 is 1.73 bits per heavy atom. The molecule has 1 heterocycles. The van der Waals surface area contributed by atoms with E-state index in [0.29, 0.717) is 13.2 Å². The number of esters is 3. The van der Waals surface area contributed by atoms with E-state index < -0.39 is 120 Å². The number of ether oxygens (including phenoxy) is 6. The van der Waals surface area contributed by atoms with Gasteiger partial charge >= 0.3 is 17.9 Å². The molecule has 2 fully saturated rings. The molecule has 0 bridgehead atoms. The van der Waals surface area contributed by atoms with Gasteiger partial charge in [0.15, 0.2) is 52.6 Å². The molecule has 3 aromatic carbocycles. The molecule has 1 saturated carbocycles. The highest BCUT2D eigenvalue weighted by atomic mass is 16.6. The number of nitrogens with one attached hydrogen (secondary N) is 3. The van der Waals surface area contributed by atoms with E-state index in [1.807, 2.05) is 0 Å². The normalized spacial score (nSPS) is 18.3. The van der Waals surface area contributed by atoms with Gasteiger partial charge in [-0.1, -0.05) is 31.4 Å². The van der Waals surface area contributed by atoms with Crippen LogP contribution in [0.3, 0.4) is 0 Å². The van der Waals surface area contributed by atoms with Crippen LogP contribution in [0, 0.1) is 5.92 Å². The van der Waals surface area contributed by atoms with Crippen LogP contribution in [0.2, 0.25) is 0 Å². The molecule has 23 heteroatoms. The van der Waals surface area contributed by atoms with E-state index in [0.717, 1.165) is 61.3 Å². The Labute approximate surface area is 383 Å². The van der Waals surface area contributed by atoms with Gasteiger partial charge < -0.3 is 85.6 Å². The lowest BCUT2D eigenvalue weighted by Crippen LogP contribution is -2.52. The number of rotatable bonds is 20. The van der Waals surface area contributed by atoms with Crippen LogP contribution in [0.1, 0.15) is 52.8 Å². The van der Waals surface area contributed by atoms with Gasteiger partial charge in [-0.2, -0.15) is 0 Å². The number of hydrogen-bond donors (Lipinski definition) is 10. The third-order valence-electron chi connectivity index (χ3n) is 10.7. The number of anilines is 2. The minimum Gasteiger partial charge on any atom is -0.504 e. The van der Waals surface area contributed by atoms with Crippen LogP contribution in [0.5, 0.6) is 34.5 Å². The van der Waals surface area contributed by atoms with E-state index in [1.165, 1.54) is 24.3 Å². The van der Waals surface area contributed by atoms with Gasteiger partial charge in [0.1, 0.15) is 19.8 Å². The fraction of sp³-hybridized carbons (Fsp3) is 0.455. The lowest BCUT2D eigenvalue weighted by Gasteiger charge is -2.32. The van der Waals surface area contributed by atoms with Crippen molar-refractivity contribution in [1.82, 2.24) is 10.2 Å². The van der Waals surface area contributed by atoms with Crippen molar-refractivity contribution in [3.05, 3.63) is 59.7 Å². The molecular weight excluding hydrogens is 887 g/mol. The molecule has 3 amide bonds. The first-order valence-electron chi connectivity index (χ1n) is 21.4. The molecule has 1 aliphatic carbocycles. The number of para-hydroxylation sites is 2. The molecule has 67 heavy (non-hydrogen) atoms. The molecule has 0 spiro atoms. The van der Waals surface area contributed by atoms with E-state index in [2.05, 4.69) is 16.0 Å². The average Bonchev–Trinajstić information content (AvgIpc) is 3.31. The Hall–Kier alpha value is -7.24. The summed E-state index contributed by atoms with van der Waals surface area (Å²) < 4.78 is 33.1. The van der Waals surface area contributed by atoms with Gasteiger partial charge in [-0.05, 0) is 49.2 Å². The van der Waals surface area contributed by atoms with Gasteiger partial charge in [0.2, 0.25) is 5.91 Å². The largest absolute Gasteiger partial charge is 0.504 e. The number of primary amides is 1. The third kappa shape index (κ3) is 14.4. The number of carbonyl (C=O) groups excluding carboxylic acids is 6. The fourth-order valence-electron chi connectivity index (χ4n) is 7.04. The highest BCUT2D eigenvalue weighted by Crippen LogP contribution is 2.35. The number of benzene rings is 3. The van der Waals surface area contributed by atoms with Crippen LogP contribution in [0.4, 0.5) is 11.4 Å². The Kier molecular flexibility index (Phi) is 18.8. The Balaban J connectivity index is 1.32. The Morgan fingerprint density at radius 1 is 0.642 bits per heavy atom. The van der Waals surface area contributed by atoms with Crippen LogP contribution < -0.4 is 21.7 Å². The maximum Gasteiger partial charge on any atom is 0.332 e. The number of phenolic OH excluding ortho intramolecular Hbond substituents is 5. The van der Waals surface area contributed by atoms with E-state index >= 15 is 0 Å². The lowest BCUT2D eigenvalue weighted by atomic mass is 9.89. The van der Waals surface area contributed by atoms with Crippen molar-refractivity contribution in [3.63, 3.8) is 0 Å². The van der Waals surface area contributed by atoms with Gasteiger partial charge in [0.05, 0.1) is 56.6 Å². The van der Waals surface area contributed by atoms with Crippen LogP contribution >= 0.6 is 0 Å². The zero-order valence-corrected chi connectivity index (χ0v) is 36.3. The first kappa shape index (κ1) is 50.8. The Morgan fingerprint density at radius 2 is 1.16 bits per heavy atom. The standard InChI is InChI=1S/C44H55N5O18/c45-39(56)27-20-26(21-35(52)36(27)53)41(58)49(13-15-63-17-19-64-18-16-62-14-12-46-40(57)25-6-2-1-3-7-25)32-24-67-43(60)30(47-28-8-4-10-33(50)37(28)54)22-65-42(59)31(23-66-44(32)61)48-29-9-5-11-34(51)38(29)55/h4-5,8-11,20-21,25,30-32,47-48,50-55H,1-3,6-7,12-19,22-24H2,(H2,45,56)(H,46,57)/t30-,31-,32-/m1/s1. The van der Waals surface area contributed by atoms with Gasteiger partial charge in [-0.15, -0.1) is 0 Å². The minimum atomic E-state index is -1.87. The van der Waals surface area contributed by atoms with Crippen molar-refractivity contribution in [2.75, 3.05) is 83.2 Å². The maximum absolute atomic E-state index is 14.3. The molecule has 23 nitrogen and oxygen atoms in total. The molecule has 11 N–H and O–H groups in total. The number of carbonyl (C=O) groups is 6. The summed E-state index contributed by atoms with van der Waals surface area (Å²) in [4.78, 5) is 81.0. The SMILES string of the molecule is NC(=O)c1cc(C(=O)N(CCOCCOCCOCCNC(=O)C2CCCCC2)[C@@H]2COC(=O)[C@H](Nc3cccc(O)c3O)COC(=O)[C@H](Nc3cccc(O)c3O)COC2=O)cc(O)c1O. The zero-order chi connectivity index (χ0) is 48.5. The number of phenols is 6. The second-order valence-electron chi connectivity index (χ2n) is 15.4. The second kappa shape index (κ2) is 24.9. The molecule has 364 valence electrons. The molecule has 2 aliphatic rings. The number of amides is 3. The van der Waals surface area contributed by atoms with Crippen molar-refractivity contribution < 1.29 is 87.8 Å². The van der Waals surface area contributed by atoms with E-state index in [1.54, 1.807) is 0 Å². The van der Waals surface area contributed by atoms with Gasteiger partial charge in [0.25, 0.3) is 11.8 Å². The molecule has 5 rings (SSSR count). The summed E-state index contributed by atoms with van der Waals surface area (Å²) in [6.45, 7) is -2.22. The molecule has 1 saturated heterocycles. The third-order valence-corrected chi connectivity index (χ3v) is 10.7. The Bertz CT molecular complexity index is 2170. The van der Waals surface area contributed by atoms with Gasteiger partial charge in [0, 0.05) is 24.6 Å². The molecule has 0 aromatic heterocycles. The molecule has 1 aliphatic heterocycles. The summed E-state index contributed by atoms with van der Waals surface area (Å²) in [6, 6.07) is 4.06. The fourth-order valence-corrected chi connectivity index (χ4v) is 7.04. The monoisotopic (exact) mass is 941 g/mol. The lowest BCUT2D eigenvalue weighted by molar-refractivity contribution is -0.161. The number of nitrogens with two attached hydrogens (primary N) is 1. The van der Waals surface area contributed by atoms with Crippen LogP contribution in [0.25, 0.3) is 0 Å². The number of nitrogens with zero attached hydrogens (tertiary/aromatic N) is 1. The van der Waals surface area contributed by atoms with Crippen LogP contribution in [-0.4, -0.2) is 162 Å². The number of cyclic esters (lactones) is 3. The summed E-state index contributed by atoms with van der Waals surface area (Å²) in [6.07, 6.45) is 5.04. The number of aromatic hydroxyl groups is 6. The predicted octanol–water partition coefficient (Wildman–Crippen LogP) is 1.18. The number of hydrogen-bond acceptors (Lipinski definition) is 20. The molecular formula is C44H55N5O18. The van der Waals surface area contributed by atoms with Crippen molar-refractivity contribution in [2.45, 2.75) is 50.2 Å². The second-order valence-corrected chi connectivity index (χ2v) is 15.4. The highest BCUT2D eigenvalue weighted by Gasteiger charge is 2.37. The quantitative estimate of drug-likeness (QED) is 0.0329. The van der Waals surface area contributed by atoms with E-state index in [-0.39, 0.29) is 56.2 Å². The van der Waals surface area contributed by atoms with Crippen molar-refractivity contribution in [3.8, 4) is 34.5 Å². The van der Waals surface area contributed by atoms with Gasteiger partial charge in [-0.3, -0.25) is 14.4 Å². The first-order valence-corrected chi connectivity index (χ1v) is 21.4. The van der Waals surface area contributed by atoms with Crippen molar-refractivity contribution in [2.24, 2.45) is 11.7 Å². The highest BCUT2D eigenvalue weighted by molar-refractivity contribution is 6.03. The molecule has 0 radical (unpaired) electrons. The van der Waals surface area contributed by atoms with Crippen molar-refractivity contribution >= 4 is 47.0 Å². The van der Waals surface area contributed by atoms with Crippen LogP contribution in [-0.2, 0) is 47.6 Å². The first-order chi connectivity index (χ1) is 32.2. The predicted molar refractivity (Wildman–Crippen MR) is 232 cm³/mol. The molecule has 0 unspecified atom stereocenters. The summed E-state index contributed by atoms with van der Waals surface area (Å²) in [5, 5.41) is 69.9. The van der Waals surface area contributed by atoms with E-state index in [4.69, 9.17) is 34.2 Å². The summed E-state index contributed by atoms with van der Waals surface area (Å²) in [5.74, 6) is -10.2. The zero-order valence-electron chi connectivity index (χ0n) is 36.3. The summed E-state index contributed by atoms with van der Waals surface area (Å²) in [7, 11) is 0. The topological polar surface area (TPSA) is 345 Å². The average molecular weight is 942 g/mol. The molecule has 3 aromatic rings. The van der Waals surface area contributed by atoms with Crippen molar-refractivity contribution in [1.29, 1.82) is 0 Å². The minimum absolute atomic E-state index is 0.0258. The van der Waals surface area contributed by atoms with Gasteiger partial charge in [-0.25, -0.2) is 14.4 Å². The van der Waals surface area contributed by atoms with E-state index in [9.17, 15) is 59.4 Å². The smallest absolute Gasteiger partial charge is 0.332 e. The summed E-state index contributed by atoms with van der Waals surface area (Å²) >= 11 is 0.